The fourth-order valence-corrected chi connectivity index (χ4v) is 5.38. The Hall–Kier alpha value is -1.15. The SMILES string of the molecule is O=C(O)CCCC=CCC1Cc2ccccc2C1CCNS(=O)(=O)c1ccc(Cl)cc1.[Na]. The normalized spacial score (nSPS) is 17.8. The molecule has 32 heavy (non-hydrogen) atoms. The minimum absolute atomic E-state index is 0. The fraction of sp³-hybridized carbons (Fsp3) is 0.375. The van der Waals surface area contributed by atoms with Gasteiger partial charge < -0.3 is 5.11 Å². The number of hydrogen-bond acceptors (Lipinski definition) is 3. The maximum atomic E-state index is 12.6. The zero-order valence-corrected chi connectivity index (χ0v) is 21.9. The standard InChI is InChI=1S/C24H28ClNO4S.Na/c25-20-11-13-21(14-12-20)31(29,30)26-16-15-23-19(7-3-1-2-4-10-24(27)28)17-18-8-5-6-9-22(18)23;/h1,3,5-6,8-9,11-14,19,23,26H,2,4,7,10,15-17H2,(H,27,28);. The van der Waals surface area contributed by atoms with Crippen molar-refractivity contribution in [2.75, 3.05) is 6.54 Å². The second-order valence-corrected chi connectivity index (χ2v) is 10.1. The van der Waals surface area contributed by atoms with Crippen LogP contribution >= 0.6 is 11.6 Å². The van der Waals surface area contributed by atoms with Crippen molar-refractivity contribution in [2.45, 2.75) is 49.3 Å². The molecule has 2 unspecified atom stereocenters. The summed E-state index contributed by atoms with van der Waals surface area (Å²) < 4.78 is 27.8. The molecule has 0 aliphatic heterocycles. The summed E-state index contributed by atoms with van der Waals surface area (Å²) in [6.07, 6.45) is 8.40. The molecule has 8 heteroatoms. The molecule has 0 fully saturated rings. The number of nitrogens with one attached hydrogen (secondary N) is 1. The smallest absolute Gasteiger partial charge is 0.303 e. The van der Waals surface area contributed by atoms with Gasteiger partial charge in [-0.15, -0.1) is 0 Å². The number of aliphatic carboxylic acids is 1. The number of allylic oxidation sites excluding steroid dienone is 2. The number of halogens is 1. The first-order valence-corrected chi connectivity index (χ1v) is 12.4. The zero-order chi connectivity index (χ0) is 22.3. The van der Waals surface area contributed by atoms with Crippen LogP contribution in [0.2, 0.25) is 5.02 Å². The van der Waals surface area contributed by atoms with Crippen molar-refractivity contribution in [3.05, 3.63) is 76.8 Å². The molecule has 1 aliphatic carbocycles. The van der Waals surface area contributed by atoms with E-state index < -0.39 is 16.0 Å². The van der Waals surface area contributed by atoms with Crippen LogP contribution in [-0.2, 0) is 21.2 Å². The van der Waals surface area contributed by atoms with Crippen LogP contribution < -0.4 is 4.72 Å². The summed E-state index contributed by atoms with van der Waals surface area (Å²) in [5.41, 5.74) is 2.63. The van der Waals surface area contributed by atoms with Gasteiger partial charge in [0, 0.05) is 47.5 Å². The van der Waals surface area contributed by atoms with Gasteiger partial charge in [-0.05, 0) is 79.3 Å². The summed E-state index contributed by atoms with van der Waals surface area (Å²) in [7, 11) is -3.57. The molecule has 0 spiro atoms. The number of rotatable bonds is 11. The Morgan fingerprint density at radius 1 is 1.12 bits per heavy atom. The van der Waals surface area contributed by atoms with Crippen LogP contribution in [0.4, 0.5) is 0 Å². The number of sulfonamides is 1. The number of benzene rings is 2. The molecule has 2 atom stereocenters. The van der Waals surface area contributed by atoms with Crippen LogP contribution in [-0.4, -0.2) is 55.6 Å². The molecule has 2 N–H and O–H groups in total. The van der Waals surface area contributed by atoms with Gasteiger partial charge in [0.15, 0.2) is 0 Å². The maximum absolute atomic E-state index is 12.6. The van der Waals surface area contributed by atoms with Crippen LogP contribution in [0.15, 0.2) is 65.6 Å². The van der Waals surface area contributed by atoms with Gasteiger partial charge in [-0.1, -0.05) is 48.0 Å². The molecule has 2 aromatic carbocycles. The molecule has 3 rings (SSSR count). The number of carboxylic acids is 1. The number of hydrogen-bond donors (Lipinski definition) is 2. The molecule has 0 bridgehead atoms. The van der Waals surface area contributed by atoms with Crippen molar-refractivity contribution in [3.8, 4) is 0 Å². The topological polar surface area (TPSA) is 83.5 Å². The van der Waals surface area contributed by atoms with Crippen molar-refractivity contribution in [2.24, 2.45) is 5.92 Å². The first-order valence-electron chi connectivity index (χ1n) is 10.6. The minimum Gasteiger partial charge on any atom is -0.481 e. The van der Waals surface area contributed by atoms with Crippen molar-refractivity contribution < 1.29 is 18.3 Å². The number of unbranched alkanes of at least 4 members (excludes halogenated alkanes) is 1. The predicted octanol–water partition coefficient (Wildman–Crippen LogP) is 4.78. The first kappa shape index (κ1) is 27.1. The van der Waals surface area contributed by atoms with Gasteiger partial charge in [0.05, 0.1) is 4.90 Å². The van der Waals surface area contributed by atoms with Gasteiger partial charge in [0.2, 0.25) is 10.0 Å². The summed E-state index contributed by atoms with van der Waals surface area (Å²) in [5.74, 6) is -0.0679. The van der Waals surface area contributed by atoms with Crippen LogP contribution in [0, 0.1) is 5.92 Å². The van der Waals surface area contributed by atoms with Gasteiger partial charge in [-0.3, -0.25) is 4.79 Å². The number of fused-ring (bicyclic) bond motifs is 1. The Labute approximate surface area is 217 Å². The average molecular weight is 485 g/mol. The van der Waals surface area contributed by atoms with E-state index in [0.29, 0.717) is 23.9 Å². The van der Waals surface area contributed by atoms with Gasteiger partial charge in [0.1, 0.15) is 0 Å². The Morgan fingerprint density at radius 2 is 1.84 bits per heavy atom. The molecule has 167 valence electrons. The molecule has 2 aromatic rings. The predicted molar refractivity (Wildman–Crippen MR) is 129 cm³/mol. The summed E-state index contributed by atoms with van der Waals surface area (Å²) >= 11 is 5.85. The third-order valence-electron chi connectivity index (χ3n) is 5.74. The van der Waals surface area contributed by atoms with Gasteiger partial charge in [-0.25, -0.2) is 13.1 Å². The molecule has 1 radical (unpaired) electrons. The number of carbonyl (C=O) groups is 1. The van der Waals surface area contributed by atoms with Crippen molar-refractivity contribution in [1.82, 2.24) is 4.72 Å². The van der Waals surface area contributed by atoms with E-state index in [1.165, 1.54) is 23.3 Å². The molecule has 5 nitrogen and oxygen atoms in total. The fourth-order valence-electron chi connectivity index (χ4n) is 4.21. The van der Waals surface area contributed by atoms with Gasteiger partial charge in [0.25, 0.3) is 0 Å². The van der Waals surface area contributed by atoms with Crippen LogP contribution in [0.5, 0.6) is 0 Å². The summed E-state index contributed by atoms with van der Waals surface area (Å²) in [6.45, 7) is 0.364. The number of carboxylic acid groups (broad SMARTS) is 1. The van der Waals surface area contributed by atoms with E-state index in [9.17, 15) is 13.2 Å². The molecular formula is C24H28ClNNaO4S. The zero-order valence-electron chi connectivity index (χ0n) is 18.3. The van der Waals surface area contributed by atoms with E-state index in [-0.39, 0.29) is 46.8 Å². The van der Waals surface area contributed by atoms with Crippen molar-refractivity contribution in [3.63, 3.8) is 0 Å². The molecule has 0 aromatic heterocycles. The minimum atomic E-state index is -3.57. The Balaban J connectivity index is 0.00000363. The second kappa shape index (κ2) is 12.9. The summed E-state index contributed by atoms with van der Waals surface area (Å²) in [4.78, 5) is 10.8. The second-order valence-electron chi connectivity index (χ2n) is 7.90. The van der Waals surface area contributed by atoms with Gasteiger partial charge >= 0.3 is 5.97 Å². The van der Waals surface area contributed by atoms with E-state index >= 15 is 0 Å². The average Bonchev–Trinajstić information content (AvgIpc) is 3.08. The van der Waals surface area contributed by atoms with E-state index in [2.05, 4.69) is 29.0 Å². The molecule has 1 aliphatic rings. The Kier molecular flexibility index (Phi) is 10.9. The van der Waals surface area contributed by atoms with Crippen LogP contribution in [0.25, 0.3) is 0 Å². The Morgan fingerprint density at radius 3 is 2.56 bits per heavy atom. The van der Waals surface area contributed by atoms with Crippen molar-refractivity contribution >= 4 is 57.2 Å². The maximum Gasteiger partial charge on any atom is 0.303 e. The van der Waals surface area contributed by atoms with E-state index in [1.54, 1.807) is 12.1 Å². The molecular weight excluding hydrogens is 457 g/mol. The van der Waals surface area contributed by atoms with Gasteiger partial charge in [-0.2, -0.15) is 0 Å². The molecule has 0 heterocycles. The van der Waals surface area contributed by atoms with E-state index in [4.69, 9.17) is 16.7 Å². The molecule has 0 amide bonds. The van der Waals surface area contributed by atoms with Crippen molar-refractivity contribution in [1.29, 1.82) is 0 Å². The first-order chi connectivity index (χ1) is 14.9. The third-order valence-corrected chi connectivity index (χ3v) is 7.47. The van der Waals surface area contributed by atoms with E-state index in [1.807, 2.05) is 12.1 Å². The largest absolute Gasteiger partial charge is 0.481 e. The molecule has 0 saturated carbocycles. The quantitative estimate of drug-likeness (QED) is 0.273. The third kappa shape index (κ3) is 7.72. The molecule has 0 saturated heterocycles. The summed E-state index contributed by atoms with van der Waals surface area (Å²) in [5, 5.41) is 9.22. The van der Waals surface area contributed by atoms with E-state index in [0.717, 1.165) is 25.7 Å². The van der Waals surface area contributed by atoms with Crippen LogP contribution in [0.3, 0.4) is 0 Å². The monoisotopic (exact) mass is 484 g/mol. The van der Waals surface area contributed by atoms with Crippen LogP contribution in [0.1, 0.15) is 49.1 Å². The summed E-state index contributed by atoms with van der Waals surface area (Å²) in [6, 6.07) is 14.5. The Bertz CT molecular complexity index is 1020.